The van der Waals surface area contributed by atoms with Gasteiger partial charge in [0.2, 0.25) is 0 Å². The summed E-state index contributed by atoms with van der Waals surface area (Å²) in [6.45, 7) is 9.21. The zero-order chi connectivity index (χ0) is 15.1. The lowest BCUT2D eigenvalue weighted by molar-refractivity contribution is 0.378. The molecule has 1 atom stereocenters. The van der Waals surface area contributed by atoms with Crippen molar-refractivity contribution in [1.29, 1.82) is 0 Å². The van der Waals surface area contributed by atoms with E-state index in [0.29, 0.717) is 0 Å². The molecule has 0 fully saturated rings. The molecule has 21 heavy (non-hydrogen) atoms. The zero-order valence-corrected chi connectivity index (χ0v) is 13.5. The van der Waals surface area contributed by atoms with Crippen molar-refractivity contribution < 1.29 is 0 Å². The van der Waals surface area contributed by atoms with Gasteiger partial charge >= 0.3 is 0 Å². The third kappa shape index (κ3) is 2.46. The van der Waals surface area contributed by atoms with Gasteiger partial charge in [-0.3, -0.25) is 0 Å². The van der Waals surface area contributed by atoms with Crippen LogP contribution in [0.3, 0.4) is 0 Å². The second-order valence-electron chi connectivity index (χ2n) is 7.12. The SMILES string of the molecule is CCc1ccc2c(c1)[C@@](C)(c1ccccc1)CC(C)(C)N2. The van der Waals surface area contributed by atoms with Gasteiger partial charge in [0.25, 0.3) is 0 Å². The summed E-state index contributed by atoms with van der Waals surface area (Å²) in [5, 5.41) is 3.71. The van der Waals surface area contributed by atoms with Crippen LogP contribution in [0.25, 0.3) is 0 Å². The number of nitrogens with one attached hydrogen (secondary N) is 1. The van der Waals surface area contributed by atoms with Crippen LogP contribution in [-0.2, 0) is 11.8 Å². The second kappa shape index (κ2) is 4.91. The van der Waals surface area contributed by atoms with Crippen LogP contribution in [-0.4, -0.2) is 5.54 Å². The van der Waals surface area contributed by atoms with Gasteiger partial charge in [-0.25, -0.2) is 0 Å². The van der Waals surface area contributed by atoms with E-state index >= 15 is 0 Å². The van der Waals surface area contributed by atoms with Gasteiger partial charge in [-0.1, -0.05) is 56.3 Å². The Kier molecular flexibility index (Phi) is 3.32. The monoisotopic (exact) mass is 279 g/mol. The maximum Gasteiger partial charge on any atom is 0.0386 e. The van der Waals surface area contributed by atoms with Crippen molar-refractivity contribution in [2.45, 2.75) is 51.5 Å². The predicted molar refractivity (Wildman–Crippen MR) is 91.0 cm³/mol. The Morgan fingerprint density at radius 3 is 2.38 bits per heavy atom. The van der Waals surface area contributed by atoms with Crippen molar-refractivity contribution in [2.24, 2.45) is 0 Å². The molecule has 1 N–H and O–H groups in total. The molecule has 0 bridgehead atoms. The molecule has 1 heteroatoms. The molecule has 0 unspecified atom stereocenters. The number of anilines is 1. The fourth-order valence-electron chi connectivity index (χ4n) is 3.83. The van der Waals surface area contributed by atoms with E-state index in [9.17, 15) is 0 Å². The van der Waals surface area contributed by atoms with Crippen LogP contribution in [0, 0.1) is 0 Å². The molecule has 0 aromatic heterocycles. The quantitative estimate of drug-likeness (QED) is 0.801. The van der Waals surface area contributed by atoms with Crippen LogP contribution in [0.15, 0.2) is 48.5 Å². The minimum Gasteiger partial charge on any atom is -0.380 e. The highest BCUT2D eigenvalue weighted by atomic mass is 15.0. The Balaban J connectivity index is 2.21. The fraction of sp³-hybridized carbons (Fsp3) is 0.400. The number of benzene rings is 2. The Labute approximate surface area is 128 Å². The minimum atomic E-state index is 0.0660. The molecule has 0 saturated heterocycles. The largest absolute Gasteiger partial charge is 0.380 e. The average Bonchev–Trinajstić information content (AvgIpc) is 2.47. The maximum atomic E-state index is 3.71. The molecule has 110 valence electrons. The first-order chi connectivity index (χ1) is 9.94. The second-order valence-corrected chi connectivity index (χ2v) is 7.12. The molecular formula is C20H25N. The van der Waals surface area contributed by atoms with Crippen molar-refractivity contribution in [1.82, 2.24) is 0 Å². The molecule has 1 aliphatic heterocycles. The van der Waals surface area contributed by atoms with Gasteiger partial charge in [-0.2, -0.15) is 0 Å². The van der Waals surface area contributed by atoms with Gasteiger partial charge in [0, 0.05) is 16.6 Å². The van der Waals surface area contributed by atoms with E-state index in [1.165, 1.54) is 22.4 Å². The van der Waals surface area contributed by atoms with E-state index in [4.69, 9.17) is 0 Å². The number of hydrogen-bond donors (Lipinski definition) is 1. The summed E-state index contributed by atoms with van der Waals surface area (Å²) in [4.78, 5) is 0. The lowest BCUT2D eigenvalue weighted by atomic mass is 9.66. The van der Waals surface area contributed by atoms with Crippen LogP contribution < -0.4 is 5.32 Å². The lowest BCUT2D eigenvalue weighted by Crippen LogP contribution is -2.45. The first kappa shape index (κ1) is 14.2. The van der Waals surface area contributed by atoms with Crippen LogP contribution in [0.5, 0.6) is 0 Å². The predicted octanol–water partition coefficient (Wildman–Crippen LogP) is 5.15. The first-order valence-electron chi connectivity index (χ1n) is 7.92. The van der Waals surface area contributed by atoms with Crippen LogP contribution in [0.4, 0.5) is 5.69 Å². The Morgan fingerprint density at radius 2 is 1.71 bits per heavy atom. The van der Waals surface area contributed by atoms with Gasteiger partial charge in [-0.05, 0) is 49.4 Å². The highest BCUT2D eigenvalue weighted by molar-refractivity contribution is 5.63. The summed E-state index contributed by atoms with van der Waals surface area (Å²) in [6.07, 6.45) is 2.19. The third-order valence-corrected chi connectivity index (χ3v) is 4.77. The minimum absolute atomic E-state index is 0.0660. The van der Waals surface area contributed by atoms with E-state index < -0.39 is 0 Å². The van der Waals surface area contributed by atoms with Crippen molar-refractivity contribution in [3.8, 4) is 0 Å². The van der Waals surface area contributed by atoms with Gasteiger partial charge < -0.3 is 5.32 Å². The Hall–Kier alpha value is -1.76. The topological polar surface area (TPSA) is 12.0 Å². The highest BCUT2D eigenvalue weighted by Crippen LogP contribution is 2.47. The van der Waals surface area contributed by atoms with Crippen molar-refractivity contribution in [3.63, 3.8) is 0 Å². The fourth-order valence-corrected chi connectivity index (χ4v) is 3.83. The van der Waals surface area contributed by atoms with Gasteiger partial charge in [0.05, 0.1) is 0 Å². The smallest absolute Gasteiger partial charge is 0.0386 e. The van der Waals surface area contributed by atoms with E-state index in [1.54, 1.807) is 0 Å². The van der Waals surface area contributed by atoms with Gasteiger partial charge in [-0.15, -0.1) is 0 Å². The van der Waals surface area contributed by atoms with Crippen LogP contribution in [0.1, 0.15) is 50.8 Å². The molecule has 0 spiro atoms. The van der Waals surface area contributed by atoms with Crippen molar-refractivity contribution >= 4 is 5.69 Å². The summed E-state index contributed by atoms with van der Waals surface area (Å²) in [6, 6.07) is 17.8. The van der Waals surface area contributed by atoms with E-state index in [-0.39, 0.29) is 11.0 Å². The Morgan fingerprint density at radius 1 is 1.00 bits per heavy atom. The molecule has 2 aromatic rings. The summed E-state index contributed by atoms with van der Waals surface area (Å²) in [5.41, 5.74) is 5.72. The molecule has 1 heterocycles. The number of aryl methyl sites for hydroxylation is 1. The van der Waals surface area contributed by atoms with Gasteiger partial charge in [0.15, 0.2) is 0 Å². The molecule has 0 radical (unpaired) electrons. The molecular weight excluding hydrogens is 254 g/mol. The molecule has 0 amide bonds. The standard InChI is InChI=1S/C20H25N/c1-5-15-11-12-18-17(13-15)20(4,14-19(2,3)21-18)16-9-7-6-8-10-16/h6-13,21H,5,14H2,1-4H3/t20-/m1/s1. The van der Waals surface area contributed by atoms with Gasteiger partial charge in [0.1, 0.15) is 0 Å². The molecule has 2 aromatic carbocycles. The first-order valence-corrected chi connectivity index (χ1v) is 7.92. The van der Waals surface area contributed by atoms with Crippen LogP contribution in [0.2, 0.25) is 0 Å². The summed E-state index contributed by atoms with van der Waals surface area (Å²) in [5.74, 6) is 0. The summed E-state index contributed by atoms with van der Waals surface area (Å²) in [7, 11) is 0. The molecule has 0 saturated carbocycles. The molecule has 3 rings (SSSR count). The number of hydrogen-bond acceptors (Lipinski definition) is 1. The van der Waals surface area contributed by atoms with E-state index in [0.717, 1.165) is 12.8 Å². The number of fused-ring (bicyclic) bond motifs is 1. The summed E-state index contributed by atoms with van der Waals surface area (Å²) >= 11 is 0. The highest BCUT2D eigenvalue weighted by Gasteiger charge is 2.41. The van der Waals surface area contributed by atoms with E-state index in [1.807, 2.05) is 0 Å². The molecule has 1 nitrogen and oxygen atoms in total. The maximum absolute atomic E-state index is 3.71. The zero-order valence-electron chi connectivity index (χ0n) is 13.5. The lowest BCUT2D eigenvalue weighted by Gasteiger charge is -2.46. The normalized spacial score (nSPS) is 23.2. The number of rotatable bonds is 2. The van der Waals surface area contributed by atoms with Crippen molar-refractivity contribution in [3.05, 3.63) is 65.2 Å². The van der Waals surface area contributed by atoms with Crippen LogP contribution >= 0.6 is 0 Å². The average molecular weight is 279 g/mol. The summed E-state index contributed by atoms with van der Waals surface area (Å²) < 4.78 is 0. The van der Waals surface area contributed by atoms with Crippen molar-refractivity contribution in [2.75, 3.05) is 5.32 Å². The third-order valence-electron chi connectivity index (χ3n) is 4.77. The molecule has 0 aliphatic carbocycles. The molecule has 1 aliphatic rings. The Bertz CT molecular complexity index is 642. The van der Waals surface area contributed by atoms with E-state index in [2.05, 4.69) is 81.5 Å².